The number of carboxylic acid groups (broad SMARTS) is 1. The normalized spacial score (nSPS) is 9.94. The largest absolute Gasteiger partial charge is 0.480 e. The quantitative estimate of drug-likeness (QED) is 0.797. The van der Waals surface area contributed by atoms with E-state index in [-0.39, 0.29) is 0 Å². The Hall–Kier alpha value is -1.69. The van der Waals surface area contributed by atoms with E-state index in [2.05, 4.69) is 0 Å². The number of rotatable bonds is 3. The van der Waals surface area contributed by atoms with Crippen LogP contribution in [0.3, 0.4) is 0 Å². The Bertz CT molecular complexity index is 451. The number of halogens is 3. The maximum atomic E-state index is 13.1. The highest BCUT2D eigenvalue weighted by Gasteiger charge is 2.15. The Kier molecular flexibility index (Phi) is 3.78. The molecule has 1 aromatic rings. The summed E-state index contributed by atoms with van der Waals surface area (Å²) in [6.07, 6.45) is 0. The summed E-state index contributed by atoms with van der Waals surface area (Å²) in [5, 5.41) is 9.72. The highest BCUT2D eigenvalue weighted by molar-refractivity contribution is 6.30. The first-order valence-corrected chi connectivity index (χ1v) is 4.44. The Morgan fingerprint density at radius 2 is 1.94 bits per heavy atom. The van der Waals surface area contributed by atoms with Crippen LogP contribution in [-0.2, 0) is 4.79 Å². The lowest BCUT2D eigenvalue weighted by atomic mass is 10.2. The van der Waals surface area contributed by atoms with Gasteiger partial charge in [0, 0.05) is 0 Å². The van der Waals surface area contributed by atoms with Gasteiger partial charge in [0.15, 0.2) is 0 Å². The molecule has 0 unspecified atom stereocenters. The number of amides is 1. The molecule has 0 aliphatic rings. The van der Waals surface area contributed by atoms with E-state index in [4.69, 9.17) is 16.7 Å². The van der Waals surface area contributed by atoms with Crippen LogP contribution in [0.15, 0.2) is 12.1 Å². The minimum atomic E-state index is -1.29. The standard InChI is InChI=1S/C9H6ClF2NO3/c10-5-2-6(11)4(1-7(5)12)9(16)13-3-8(14)15/h1-2H,3H2,(H,13,16)(H,14,15). The summed E-state index contributed by atoms with van der Waals surface area (Å²) in [6, 6.07) is 1.25. The van der Waals surface area contributed by atoms with E-state index >= 15 is 0 Å². The molecule has 1 amide bonds. The molecule has 0 spiro atoms. The predicted molar refractivity (Wildman–Crippen MR) is 51.3 cm³/mol. The van der Waals surface area contributed by atoms with Crippen molar-refractivity contribution in [2.24, 2.45) is 0 Å². The molecule has 4 nitrogen and oxygen atoms in total. The summed E-state index contributed by atoms with van der Waals surface area (Å²) in [7, 11) is 0. The molecular formula is C9H6ClF2NO3. The van der Waals surface area contributed by atoms with Gasteiger partial charge >= 0.3 is 5.97 Å². The van der Waals surface area contributed by atoms with E-state index in [0.717, 1.165) is 0 Å². The third kappa shape index (κ3) is 2.90. The first-order chi connectivity index (χ1) is 7.41. The van der Waals surface area contributed by atoms with Crippen molar-refractivity contribution in [1.82, 2.24) is 5.32 Å². The molecular weight excluding hydrogens is 244 g/mol. The van der Waals surface area contributed by atoms with Crippen molar-refractivity contribution in [3.8, 4) is 0 Å². The lowest BCUT2D eigenvalue weighted by Crippen LogP contribution is -2.30. The monoisotopic (exact) mass is 249 g/mol. The number of carboxylic acids is 1. The minimum Gasteiger partial charge on any atom is -0.480 e. The van der Waals surface area contributed by atoms with Gasteiger partial charge in [-0.2, -0.15) is 0 Å². The van der Waals surface area contributed by atoms with Crippen molar-refractivity contribution in [1.29, 1.82) is 0 Å². The van der Waals surface area contributed by atoms with E-state index in [0.29, 0.717) is 12.1 Å². The zero-order valence-corrected chi connectivity index (χ0v) is 8.52. The highest BCUT2D eigenvalue weighted by atomic mass is 35.5. The summed E-state index contributed by atoms with van der Waals surface area (Å²) in [5.74, 6) is -4.28. The smallest absolute Gasteiger partial charge is 0.322 e. The molecule has 0 saturated carbocycles. The molecule has 16 heavy (non-hydrogen) atoms. The van der Waals surface area contributed by atoms with Crippen LogP contribution in [0.25, 0.3) is 0 Å². The molecule has 0 bridgehead atoms. The maximum absolute atomic E-state index is 13.1. The number of hydrogen-bond acceptors (Lipinski definition) is 2. The average molecular weight is 250 g/mol. The average Bonchev–Trinajstić information content (AvgIpc) is 2.20. The topological polar surface area (TPSA) is 66.4 Å². The second kappa shape index (κ2) is 4.89. The number of nitrogens with one attached hydrogen (secondary N) is 1. The van der Waals surface area contributed by atoms with Crippen LogP contribution in [0.4, 0.5) is 8.78 Å². The van der Waals surface area contributed by atoms with Gasteiger partial charge in [-0.15, -0.1) is 0 Å². The number of benzene rings is 1. The first kappa shape index (κ1) is 12.4. The van der Waals surface area contributed by atoms with E-state index < -0.39 is 40.6 Å². The molecule has 0 atom stereocenters. The van der Waals surface area contributed by atoms with Crippen LogP contribution in [0, 0.1) is 11.6 Å². The first-order valence-electron chi connectivity index (χ1n) is 4.06. The number of aliphatic carboxylic acids is 1. The molecule has 0 fully saturated rings. The molecule has 0 heterocycles. The third-order valence-corrected chi connectivity index (χ3v) is 1.94. The molecule has 2 N–H and O–H groups in total. The molecule has 0 aliphatic carbocycles. The van der Waals surface area contributed by atoms with Crippen LogP contribution in [-0.4, -0.2) is 23.5 Å². The molecule has 7 heteroatoms. The van der Waals surface area contributed by atoms with Crippen LogP contribution in [0.1, 0.15) is 10.4 Å². The van der Waals surface area contributed by atoms with Gasteiger partial charge in [-0.25, -0.2) is 8.78 Å². The second-order valence-electron chi connectivity index (χ2n) is 2.82. The predicted octanol–water partition coefficient (Wildman–Crippen LogP) is 1.43. The highest BCUT2D eigenvalue weighted by Crippen LogP contribution is 2.19. The summed E-state index contributed by atoms with van der Waals surface area (Å²) in [4.78, 5) is 21.3. The van der Waals surface area contributed by atoms with Gasteiger partial charge in [0.25, 0.3) is 5.91 Å². The molecule has 1 rings (SSSR count). The van der Waals surface area contributed by atoms with E-state index in [9.17, 15) is 18.4 Å². The fourth-order valence-electron chi connectivity index (χ4n) is 0.948. The van der Waals surface area contributed by atoms with Gasteiger partial charge in [0.05, 0.1) is 10.6 Å². The van der Waals surface area contributed by atoms with Crippen molar-refractivity contribution in [3.63, 3.8) is 0 Å². The third-order valence-electron chi connectivity index (χ3n) is 1.65. The molecule has 0 saturated heterocycles. The second-order valence-corrected chi connectivity index (χ2v) is 3.23. The SMILES string of the molecule is O=C(O)CNC(=O)c1cc(F)c(Cl)cc1F. The van der Waals surface area contributed by atoms with Crippen LogP contribution in [0.2, 0.25) is 5.02 Å². The van der Waals surface area contributed by atoms with Crippen molar-refractivity contribution >= 4 is 23.5 Å². The van der Waals surface area contributed by atoms with E-state index in [1.807, 2.05) is 5.32 Å². The zero-order chi connectivity index (χ0) is 12.3. The molecule has 86 valence electrons. The van der Waals surface area contributed by atoms with Crippen molar-refractivity contribution in [2.75, 3.05) is 6.54 Å². The summed E-state index contributed by atoms with van der Waals surface area (Å²) >= 11 is 5.28. The van der Waals surface area contributed by atoms with Crippen molar-refractivity contribution in [3.05, 3.63) is 34.4 Å². The number of carbonyl (C=O) groups excluding carboxylic acids is 1. The van der Waals surface area contributed by atoms with Crippen molar-refractivity contribution in [2.45, 2.75) is 0 Å². The summed E-state index contributed by atoms with van der Waals surface area (Å²) in [5.41, 5.74) is -0.594. The Labute approximate surface area is 93.8 Å². The summed E-state index contributed by atoms with van der Waals surface area (Å²) < 4.78 is 26.1. The van der Waals surface area contributed by atoms with Gasteiger partial charge in [-0.3, -0.25) is 9.59 Å². The molecule has 0 aliphatic heterocycles. The van der Waals surface area contributed by atoms with Gasteiger partial charge in [-0.05, 0) is 12.1 Å². The zero-order valence-electron chi connectivity index (χ0n) is 7.76. The van der Waals surface area contributed by atoms with Crippen molar-refractivity contribution < 1.29 is 23.5 Å². The van der Waals surface area contributed by atoms with Gasteiger partial charge in [-0.1, -0.05) is 11.6 Å². The van der Waals surface area contributed by atoms with Crippen LogP contribution < -0.4 is 5.32 Å². The molecule has 1 aromatic carbocycles. The maximum Gasteiger partial charge on any atom is 0.322 e. The fraction of sp³-hybridized carbons (Fsp3) is 0.111. The van der Waals surface area contributed by atoms with Gasteiger partial charge in [0.2, 0.25) is 0 Å². The Morgan fingerprint density at radius 3 is 2.50 bits per heavy atom. The number of hydrogen-bond donors (Lipinski definition) is 2. The summed E-state index contributed by atoms with van der Waals surface area (Å²) in [6.45, 7) is -0.678. The Balaban J connectivity index is 2.91. The molecule has 0 aromatic heterocycles. The van der Waals surface area contributed by atoms with Gasteiger partial charge in [0.1, 0.15) is 18.2 Å². The number of carbonyl (C=O) groups is 2. The van der Waals surface area contributed by atoms with E-state index in [1.54, 1.807) is 0 Å². The Morgan fingerprint density at radius 1 is 1.31 bits per heavy atom. The van der Waals surface area contributed by atoms with Crippen LogP contribution in [0.5, 0.6) is 0 Å². The molecule has 0 radical (unpaired) electrons. The van der Waals surface area contributed by atoms with Gasteiger partial charge < -0.3 is 10.4 Å². The fourth-order valence-corrected chi connectivity index (χ4v) is 1.10. The lowest BCUT2D eigenvalue weighted by molar-refractivity contribution is -0.135. The van der Waals surface area contributed by atoms with E-state index in [1.165, 1.54) is 0 Å². The lowest BCUT2D eigenvalue weighted by Gasteiger charge is -2.04. The minimum absolute atomic E-state index is 0.452. The van der Waals surface area contributed by atoms with Crippen LogP contribution >= 0.6 is 11.6 Å².